The largest absolute Gasteiger partial charge is 0.397 e. The molecule has 4 aromatic rings. The van der Waals surface area contributed by atoms with Crippen molar-refractivity contribution in [3.8, 4) is 11.1 Å². The van der Waals surface area contributed by atoms with Crippen molar-refractivity contribution in [3.05, 3.63) is 69.1 Å². The molecule has 1 saturated carbocycles. The second-order valence-corrected chi connectivity index (χ2v) is 8.65. The molecule has 134 valence electrons. The van der Waals surface area contributed by atoms with Crippen LogP contribution in [0.1, 0.15) is 39.0 Å². The maximum Gasteiger partial charge on any atom is 0.215 e. The normalized spacial score (nSPS) is 14.0. The summed E-state index contributed by atoms with van der Waals surface area (Å²) in [6.45, 7) is 0. The van der Waals surface area contributed by atoms with E-state index in [-0.39, 0.29) is 11.6 Å². The Labute approximate surface area is 163 Å². The van der Waals surface area contributed by atoms with Crippen LogP contribution in [0.5, 0.6) is 0 Å². The molecular weight excluding hydrogens is 379 g/mol. The minimum Gasteiger partial charge on any atom is -0.397 e. The van der Waals surface area contributed by atoms with Crippen LogP contribution in [0, 0.1) is 5.82 Å². The van der Waals surface area contributed by atoms with Gasteiger partial charge >= 0.3 is 0 Å². The van der Waals surface area contributed by atoms with Gasteiger partial charge < -0.3 is 5.73 Å². The van der Waals surface area contributed by atoms with E-state index >= 15 is 0 Å². The van der Waals surface area contributed by atoms with Crippen molar-refractivity contribution >= 4 is 44.4 Å². The van der Waals surface area contributed by atoms with Crippen LogP contribution in [0.3, 0.4) is 0 Å². The standard InChI is InChI=1S/C21H15FN2OS2/c22-13-7-5-11(6-8-13)14-10-15(12-3-4-12)24-21-17(14)18(23)20(27-21)19(25)16-2-1-9-26-16/h1-2,5-10,12H,3-4,23H2. The number of nitrogens with zero attached hydrogens (tertiary/aromatic N) is 1. The molecule has 0 atom stereocenters. The van der Waals surface area contributed by atoms with Crippen LogP contribution in [-0.2, 0) is 0 Å². The maximum absolute atomic E-state index is 13.4. The Morgan fingerprint density at radius 2 is 1.96 bits per heavy atom. The lowest BCUT2D eigenvalue weighted by Crippen LogP contribution is -2.00. The van der Waals surface area contributed by atoms with E-state index in [0.29, 0.717) is 21.4 Å². The molecule has 27 heavy (non-hydrogen) atoms. The van der Waals surface area contributed by atoms with E-state index in [4.69, 9.17) is 10.7 Å². The molecule has 0 saturated heterocycles. The molecule has 1 aliphatic rings. The third-order valence-electron chi connectivity index (χ3n) is 4.82. The van der Waals surface area contributed by atoms with Crippen molar-refractivity contribution < 1.29 is 9.18 Å². The zero-order valence-electron chi connectivity index (χ0n) is 14.2. The lowest BCUT2D eigenvalue weighted by Gasteiger charge is -2.08. The summed E-state index contributed by atoms with van der Waals surface area (Å²) in [7, 11) is 0. The molecule has 3 heterocycles. The summed E-state index contributed by atoms with van der Waals surface area (Å²) >= 11 is 2.75. The number of ketones is 1. The number of rotatable bonds is 4. The molecule has 0 amide bonds. The van der Waals surface area contributed by atoms with Crippen molar-refractivity contribution in [2.75, 3.05) is 5.73 Å². The summed E-state index contributed by atoms with van der Waals surface area (Å²) in [5.74, 6) is 0.121. The molecule has 2 N–H and O–H groups in total. The van der Waals surface area contributed by atoms with Crippen LogP contribution < -0.4 is 5.73 Å². The smallest absolute Gasteiger partial charge is 0.215 e. The second kappa shape index (κ2) is 6.25. The monoisotopic (exact) mass is 394 g/mol. The number of fused-ring (bicyclic) bond motifs is 1. The van der Waals surface area contributed by atoms with Crippen molar-refractivity contribution in [3.63, 3.8) is 0 Å². The molecule has 0 bridgehead atoms. The third-order valence-corrected chi connectivity index (χ3v) is 6.79. The number of carbonyl (C=O) groups is 1. The van der Waals surface area contributed by atoms with Crippen LogP contribution in [-0.4, -0.2) is 10.8 Å². The van der Waals surface area contributed by atoms with E-state index in [9.17, 15) is 9.18 Å². The Morgan fingerprint density at radius 1 is 1.19 bits per heavy atom. The van der Waals surface area contributed by atoms with Gasteiger partial charge in [-0.3, -0.25) is 4.79 Å². The number of hydrogen-bond donors (Lipinski definition) is 1. The van der Waals surface area contributed by atoms with Crippen LogP contribution in [0.2, 0.25) is 0 Å². The van der Waals surface area contributed by atoms with Gasteiger partial charge in [-0.15, -0.1) is 22.7 Å². The van der Waals surface area contributed by atoms with Gasteiger partial charge in [-0.05, 0) is 53.6 Å². The molecule has 0 aliphatic heterocycles. The average Bonchev–Trinajstić information content (AvgIpc) is 3.28. The SMILES string of the molecule is Nc1c(C(=O)c2cccs2)sc2nc(C3CC3)cc(-c3ccc(F)cc3)c12. The van der Waals surface area contributed by atoms with Crippen LogP contribution in [0.4, 0.5) is 10.1 Å². The van der Waals surface area contributed by atoms with Gasteiger partial charge in [-0.2, -0.15) is 0 Å². The summed E-state index contributed by atoms with van der Waals surface area (Å²) < 4.78 is 13.4. The fourth-order valence-corrected chi connectivity index (χ4v) is 5.09. The highest BCUT2D eigenvalue weighted by Crippen LogP contribution is 2.45. The fourth-order valence-electron chi connectivity index (χ4n) is 3.27. The summed E-state index contributed by atoms with van der Waals surface area (Å²) in [6, 6.07) is 12.1. The molecule has 3 aromatic heterocycles. The van der Waals surface area contributed by atoms with Gasteiger partial charge in [0, 0.05) is 17.0 Å². The Bertz CT molecular complexity index is 1160. The predicted molar refractivity (Wildman–Crippen MR) is 109 cm³/mol. The number of anilines is 1. The number of nitrogen functional groups attached to an aromatic ring is 1. The zero-order valence-corrected chi connectivity index (χ0v) is 15.9. The van der Waals surface area contributed by atoms with Gasteiger partial charge in [-0.1, -0.05) is 18.2 Å². The molecule has 5 rings (SSSR count). The van der Waals surface area contributed by atoms with E-state index in [1.165, 1.54) is 34.8 Å². The quantitative estimate of drug-likeness (QED) is 0.441. The van der Waals surface area contributed by atoms with Gasteiger partial charge in [0.1, 0.15) is 15.5 Å². The Hall–Kier alpha value is -2.57. The highest BCUT2D eigenvalue weighted by molar-refractivity contribution is 7.22. The lowest BCUT2D eigenvalue weighted by atomic mass is 10.00. The van der Waals surface area contributed by atoms with Gasteiger partial charge in [0.15, 0.2) is 0 Å². The maximum atomic E-state index is 13.4. The third kappa shape index (κ3) is 2.85. The van der Waals surface area contributed by atoms with Crippen LogP contribution >= 0.6 is 22.7 Å². The minimum absolute atomic E-state index is 0.0662. The van der Waals surface area contributed by atoms with E-state index in [2.05, 4.69) is 6.07 Å². The minimum atomic E-state index is -0.279. The first-order chi connectivity index (χ1) is 13.1. The number of benzene rings is 1. The van der Waals surface area contributed by atoms with Gasteiger partial charge in [0.25, 0.3) is 0 Å². The van der Waals surface area contributed by atoms with Gasteiger partial charge in [0.2, 0.25) is 5.78 Å². The number of thiophene rings is 2. The molecule has 1 fully saturated rings. The zero-order chi connectivity index (χ0) is 18.5. The number of pyridine rings is 1. The number of aromatic nitrogens is 1. The topological polar surface area (TPSA) is 56.0 Å². The van der Waals surface area contributed by atoms with Crippen molar-refractivity contribution in [2.24, 2.45) is 0 Å². The number of carbonyl (C=O) groups excluding carboxylic acids is 1. The van der Waals surface area contributed by atoms with E-state index < -0.39 is 0 Å². The second-order valence-electron chi connectivity index (χ2n) is 6.71. The van der Waals surface area contributed by atoms with Crippen molar-refractivity contribution in [1.29, 1.82) is 0 Å². The molecule has 6 heteroatoms. The summed E-state index contributed by atoms with van der Waals surface area (Å²) in [5, 5.41) is 2.67. The highest BCUT2D eigenvalue weighted by atomic mass is 32.1. The van der Waals surface area contributed by atoms with Gasteiger partial charge in [0.05, 0.1) is 10.6 Å². The van der Waals surface area contributed by atoms with E-state index in [1.54, 1.807) is 18.2 Å². The summed E-state index contributed by atoms with van der Waals surface area (Å²) in [5.41, 5.74) is 9.72. The van der Waals surface area contributed by atoms with E-state index in [1.807, 2.05) is 11.4 Å². The molecule has 3 nitrogen and oxygen atoms in total. The first-order valence-corrected chi connectivity index (χ1v) is 10.4. The summed E-state index contributed by atoms with van der Waals surface area (Å²) in [6.07, 6.45) is 2.26. The Morgan fingerprint density at radius 3 is 2.63 bits per heavy atom. The lowest BCUT2D eigenvalue weighted by molar-refractivity contribution is 0.104. The average molecular weight is 394 g/mol. The van der Waals surface area contributed by atoms with E-state index in [0.717, 1.165) is 39.9 Å². The van der Waals surface area contributed by atoms with Crippen molar-refractivity contribution in [2.45, 2.75) is 18.8 Å². The summed E-state index contributed by atoms with van der Waals surface area (Å²) in [4.78, 5) is 19.7. The highest BCUT2D eigenvalue weighted by Gasteiger charge is 2.28. The fraction of sp³-hybridized carbons (Fsp3) is 0.143. The molecule has 0 unspecified atom stereocenters. The number of nitrogens with two attached hydrogens (primary N) is 1. The molecule has 0 radical (unpaired) electrons. The molecule has 1 aromatic carbocycles. The molecule has 1 aliphatic carbocycles. The molecular formula is C21H15FN2OS2. The first kappa shape index (κ1) is 16.6. The predicted octanol–water partition coefficient (Wildman–Crippen LogP) is 5.85. The number of hydrogen-bond acceptors (Lipinski definition) is 5. The first-order valence-electron chi connectivity index (χ1n) is 8.69. The number of halogens is 1. The molecule has 0 spiro atoms. The van der Waals surface area contributed by atoms with Crippen LogP contribution in [0.25, 0.3) is 21.3 Å². The van der Waals surface area contributed by atoms with Crippen molar-refractivity contribution in [1.82, 2.24) is 4.98 Å². The Balaban J connectivity index is 1.75. The Kier molecular flexibility index (Phi) is 3.84. The van der Waals surface area contributed by atoms with Crippen LogP contribution in [0.15, 0.2) is 47.8 Å². The van der Waals surface area contributed by atoms with Gasteiger partial charge in [-0.25, -0.2) is 9.37 Å².